The number of nitrogens with one attached hydrogen (secondary N) is 1. The van der Waals surface area contributed by atoms with Gasteiger partial charge in [0.1, 0.15) is 16.6 Å². The van der Waals surface area contributed by atoms with Crippen LogP contribution in [0.1, 0.15) is 16.1 Å². The Kier molecular flexibility index (Phi) is 5.79. The minimum atomic E-state index is -0.779. The first-order valence-corrected chi connectivity index (χ1v) is 7.45. The third kappa shape index (κ3) is 4.34. The fourth-order valence-corrected chi connectivity index (χ4v) is 2.26. The molecule has 0 atom stereocenters. The second kappa shape index (κ2) is 7.81. The number of aliphatic hydroxyl groups excluding tert-OH is 1. The molecule has 0 radical (unpaired) electrons. The third-order valence-electron chi connectivity index (χ3n) is 2.71. The van der Waals surface area contributed by atoms with Crippen LogP contribution in [0.15, 0.2) is 18.2 Å². The van der Waals surface area contributed by atoms with Crippen LogP contribution in [-0.2, 0) is 11.3 Å². The van der Waals surface area contributed by atoms with E-state index in [1.165, 1.54) is 12.1 Å². The molecule has 0 aliphatic carbocycles. The lowest BCUT2D eigenvalue weighted by Crippen LogP contribution is -2.13. The molecule has 23 heavy (non-hydrogen) atoms. The maximum atomic E-state index is 12.2. The first kappa shape index (κ1) is 17.1. The first-order chi connectivity index (χ1) is 11.0. The standard InChI is InChI=1S/C12H11ClN4O5S/c13-11-10(15-16-23-11)6-22-12(19)8-5-7(17(20)21)1-2-9(8)14-3-4-18/h1-2,5,14,18H,3-4,6H2. The summed E-state index contributed by atoms with van der Waals surface area (Å²) in [6.07, 6.45) is 0. The Morgan fingerprint density at radius 1 is 1.52 bits per heavy atom. The molecule has 0 fully saturated rings. The van der Waals surface area contributed by atoms with Crippen LogP contribution in [0, 0.1) is 10.1 Å². The number of nitrogens with zero attached hydrogens (tertiary/aromatic N) is 3. The van der Waals surface area contributed by atoms with E-state index in [9.17, 15) is 14.9 Å². The van der Waals surface area contributed by atoms with Crippen molar-refractivity contribution in [3.63, 3.8) is 0 Å². The molecule has 9 nitrogen and oxygen atoms in total. The largest absolute Gasteiger partial charge is 0.455 e. The summed E-state index contributed by atoms with van der Waals surface area (Å²) in [6.45, 7) is -0.179. The molecule has 0 aliphatic heterocycles. The molecule has 1 aromatic heterocycles. The summed E-state index contributed by atoms with van der Waals surface area (Å²) >= 11 is 6.76. The van der Waals surface area contributed by atoms with Crippen molar-refractivity contribution in [1.29, 1.82) is 0 Å². The number of hydrogen-bond acceptors (Lipinski definition) is 9. The van der Waals surface area contributed by atoms with Gasteiger partial charge in [0.05, 0.1) is 17.1 Å². The van der Waals surface area contributed by atoms with E-state index in [0.29, 0.717) is 15.7 Å². The van der Waals surface area contributed by atoms with Gasteiger partial charge in [0.25, 0.3) is 5.69 Å². The number of esters is 1. The summed E-state index contributed by atoms with van der Waals surface area (Å²) in [7, 11) is 0. The highest BCUT2D eigenvalue weighted by atomic mass is 35.5. The predicted molar refractivity (Wildman–Crippen MR) is 82.7 cm³/mol. The van der Waals surface area contributed by atoms with Gasteiger partial charge >= 0.3 is 5.97 Å². The number of ether oxygens (including phenoxy) is 1. The van der Waals surface area contributed by atoms with Crippen LogP contribution in [0.5, 0.6) is 0 Å². The predicted octanol–water partition coefficient (Wildman–Crippen LogP) is 1.86. The summed E-state index contributed by atoms with van der Waals surface area (Å²) in [5.74, 6) is -0.779. The number of carbonyl (C=O) groups is 1. The summed E-state index contributed by atoms with van der Waals surface area (Å²) in [5.41, 5.74) is 0.351. The van der Waals surface area contributed by atoms with E-state index in [0.717, 1.165) is 17.6 Å². The van der Waals surface area contributed by atoms with Gasteiger partial charge < -0.3 is 15.2 Å². The Bertz CT molecular complexity index is 723. The molecular weight excluding hydrogens is 348 g/mol. The van der Waals surface area contributed by atoms with Crippen molar-refractivity contribution in [2.24, 2.45) is 0 Å². The molecular formula is C12H11ClN4O5S. The number of benzene rings is 1. The molecule has 0 unspecified atom stereocenters. The lowest BCUT2D eigenvalue weighted by molar-refractivity contribution is -0.384. The number of hydrogen-bond donors (Lipinski definition) is 2. The average Bonchev–Trinajstić information content (AvgIpc) is 2.95. The molecule has 0 spiro atoms. The number of anilines is 1. The second-order valence-corrected chi connectivity index (χ2v) is 5.56. The van der Waals surface area contributed by atoms with Crippen molar-refractivity contribution < 1.29 is 19.6 Å². The van der Waals surface area contributed by atoms with Crippen LogP contribution in [0.3, 0.4) is 0 Å². The van der Waals surface area contributed by atoms with Gasteiger partial charge in [0.2, 0.25) is 0 Å². The maximum absolute atomic E-state index is 12.2. The van der Waals surface area contributed by atoms with Crippen LogP contribution in [0.4, 0.5) is 11.4 Å². The number of halogens is 1. The molecule has 0 saturated carbocycles. The van der Waals surface area contributed by atoms with Crippen LogP contribution in [-0.4, -0.2) is 38.7 Å². The van der Waals surface area contributed by atoms with E-state index < -0.39 is 10.9 Å². The first-order valence-electron chi connectivity index (χ1n) is 6.30. The number of rotatable bonds is 7. The van der Waals surface area contributed by atoms with E-state index in [4.69, 9.17) is 21.4 Å². The van der Waals surface area contributed by atoms with Gasteiger partial charge in [0, 0.05) is 35.9 Å². The Balaban J connectivity index is 2.19. The van der Waals surface area contributed by atoms with E-state index in [2.05, 4.69) is 14.9 Å². The minimum Gasteiger partial charge on any atom is -0.455 e. The molecule has 0 aliphatic rings. The number of aliphatic hydroxyl groups is 1. The van der Waals surface area contributed by atoms with Crippen LogP contribution in [0.25, 0.3) is 0 Å². The average molecular weight is 359 g/mol. The Morgan fingerprint density at radius 3 is 2.91 bits per heavy atom. The van der Waals surface area contributed by atoms with Crippen molar-refractivity contribution in [3.8, 4) is 0 Å². The highest BCUT2D eigenvalue weighted by Gasteiger charge is 2.19. The summed E-state index contributed by atoms with van der Waals surface area (Å²) in [5, 5.41) is 26.2. The highest BCUT2D eigenvalue weighted by Crippen LogP contribution is 2.24. The zero-order valence-electron chi connectivity index (χ0n) is 11.6. The number of non-ortho nitro benzene ring substituents is 1. The van der Waals surface area contributed by atoms with Gasteiger partial charge in [-0.15, -0.1) is 5.10 Å². The summed E-state index contributed by atoms with van der Waals surface area (Å²) in [4.78, 5) is 22.4. The molecule has 2 rings (SSSR count). The minimum absolute atomic E-state index is 0.0213. The lowest BCUT2D eigenvalue weighted by atomic mass is 10.1. The fraction of sp³-hybridized carbons (Fsp3) is 0.250. The number of aromatic nitrogens is 2. The van der Waals surface area contributed by atoms with E-state index in [-0.39, 0.29) is 31.0 Å². The van der Waals surface area contributed by atoms with Crippen LogP contribution < -0.4 is 5.32 Å². The molecule has 0 saturated heterocycles. The van der Waals surface area contributed by atoms with E-state index in [1.54, 1.807) is 0 Å². The fourth-order valence-electron chi connectivity index (χ4n) is 1.65. The molecule has 122 valence electrons. The zero-order chi connectivity index (χ0) is 16.8. The monoisotopic (exact) mass is 358 g/mol. The van der Waals surface area contributed by atoms with Gasteiger partial charge in [0.15, 0.2) is 0 Å². The topological polar surface area (TPSA) is 127 Å². The molecule has 1 aromatic carbocycles. The van der Waals surface area contributed by atoms with Crippen molar-refractivity contribution in [1.82, 2.24) is 9.59 Å². The zero-order valence-corrected chi connectivity index (χ0v) is 13.1. The number of carbonyl (C=O) groups excluding carboxylic acids is 1. The molecule has 2 aromatic rings. The van der Waals surface area contributed by atoms with E-state index >= 15 is 0 Å². The van der Waals surface area contributed by atoms with Gasteiger partial charge in [-0.25, -0.2) is 4.79 Å². The van der Waals surface area contributed by atoms with Crippen molar-refractivity contribution >= 4 is 40.5 Å². The highest BCUT2D eigenvalue weighted by molar-refractivity contribution is 7.10. The number of nitro benzene ring substituents is 1. The van der Waals surface area contributed by atoms with Gasteiger partial charge in [-0.3, -0.25) is 10.1 Å². The number of nitro groups is 1. The van der Waals surface area contributed by atoms with Crippen molar-refractivity contribution in [3.05, 3.63) is 43.9 Å². The molecule has 0 bridgehead atoms. The van der Waals surface area contributed by atoms with Crippen LogP contribution in [0.2, 0.25) is 4.34 Å². The lowest BCUT2D eigenvalue weighted by Gasteiger charge is -2.10. The molecule has 1 heterocycles. The quantitative estimate of drug-likeness (QED) is 0.436. The van der Waals surface area contributed by atoms with Gasteiger partial charge in [-0.1, -0.05) is 16.1 Å². The Morgan fingerprint density at radius 2 is 2.30 bits per heavy atom. The Labute approximate surface area is 139 Å². The molecule has 11 heteroatoms. The van der Waals surface area contributed by atoms with Crippen LogP contribution >= 0.6 is 23.1 Å². The van der Waals surface area contributed by atoms with E-state index in [1.807, 2.05) is 0 Å². The normalized spacial score (nSPS) is 10.3. The SMILES string of the molecule is O=C(OCc1nnsc1Cl)c1cc([N+](=O)[O-])ccc1NCCO. The van der Waals surface area contributed by atoms with Crippen molar-refractivity contribution in [2.75, 3.05) is 18.5 Å². The smallest absolute Gasteiger partial charge is 0.340 e. The maximum Gasteiger partial charge on any atom is 0.340 e. The van der Waals surface area contributed by atoms with Crippen molar-refractivity contribution in [2.45, 2.75) is 6.61 Å². The molecule has 2 N–H and O–H groups in total. The molecule has 0 amide bonds. The van der Waals surface area contributed by atoms with Gasteiger partial charge in [-0.05, 0) is 6.07 Å². The van der Waals surface area contributed by atoms with Gasteiger partial charge in [-0.2, -0.15) is 0 Å². The Hall–Kier alpha value is -2.30. The summed E-state index contributed by atoms with van der Waals surface area (Å²) < 4.78 is 8.97. The summed E-state index contributed by atoms with van der Waals surface area (Å²) in [6, 6.07) is 3.72. The third-order valence-corrected chi connectivity index (χ3v) is 3.69. The second-order valence-electron chi connectivity index (χ2n) is 4.21.